The highest BCUT2D eigenvalue weighted by Crippen LogP contribution is 2.05. The van der Waals surface area contributed by atoms with Crippen LogP contribution in [0, 0.1) is 11.8 Å². The van der Waals surface area contributed by atoms with Gasteiger partial charge in [0.2, 0.25) is 5.91 Å². The Morgan fingerprint density at radius 2 is 1.56 bits per heavy atom. The number of hydrogen-bond acceptors (Lipinski definition) is 3. The molecule has 0 saturated heterocycles. The first-order valence-corrected chi connectivity index (χ1v) is 6.80. The van der Waals surface area contributed by atoms with E-state index in [2.05, 4.69) is 10.6 Å². The summed E-state index contributed by atoms with van der Waals surface area (Å²) < 4.78 is 0. The molecular formula is C14H28N2O2. The standard InChI is InChI=1S/C14H28N2O2/c1-9(2)8-15-13(17)7-12(16-11(5)6)14(18)10(3)4/h9-12,16H,7-8H2,1-6H3,(H,15,17). The number of hydrogen-bond donors (Lipinski definition) is 2. The Kier molecular flexibility index (Phi) is 7.83. The molecule has 0 aromatic rings. The molecule has 0 aliphatic rings. The molecule has 0 fully saturated rings. The smallest absolute Gasteiger partial charge is 0.222 e. The van der Waals surface area contributed by atoms with Gasteiger partial charge in [0.25, 0.3) is 0 Å². The van der Waals surface area contributed by atoms with Crippen molar-refractivity contribution in [2.45, 2.75) is 60.0 Å². The highest BCUT2D eigenvalue weighted by Gasteiger charge is 2.24. The van der Waals surface area contributed by atoms with Crippen molar-refractivity contribution in [3.8, 4) is 0 Å². The third kappa shape index (κ3) is 7.43. The molecule has 0 radical (unpaired) electrons. The molecule has 1 atom stereocenters. The molecule has 18 heavy (non-hydrogen) atoms. The lowest BCUT2D eigenvalue weighted by molar-refractivity contribution is -0.129. The van der Waals surface area contributed by atoms with E-state index in [1.165, 1.54) is 0 Å². The van der Waals surface area contributed by atoms with Crippen molar-refractivity contribution in [3.05, 3.63) is 0 Å². The van der Waals surface area contributed by atoms with Gasteiger partial charge in [-0.05, 0) is 5.92 Å². The average Bonchev–Trinajstić information content (AvgIpc) is 2.23. The van der Waals surface area contributed by atoms with Gasteiger partial charge in [0.15, 0.2) is 5.78 Å². The van der Waals surface area contributed by atoms with Crippen molar-refractivity contribution in [1.82, 2.24) is 10.6 Å². The lowest BCUT2D eigenvalue weighted by atomic mass is 9.98. The SMILES string of the molecule is CC(C)CNC(=O)CC(NC(C)C)C(=O)C(C)C. The maximum atomic E-state index is 12.0. The summed E-state index contributed by atoms with van der Waals surface area (Å²) in [5.41, 5.74) is 0. The van der Waals surface area contributed by atoms with E-state index in [0.717, 1.165) is 0 Å². The van der Waals surface area contributed by atoms with Crippen molar-refractivity contribution in [2.24, 2.45) is 11.8 Å². The largest absolute Gasteiger partial charge is 0.356 e. The number of Topliss-reactive ketones (excluding diaryl/α,β-unsaturated/α-hetero) is 1. The van der Waals surface area contributed by atoms with Gasteiger partial charge in [-0.15, -0.1) is 0 Å². The second-order valence-electron chi connectivity index (χ2n) is 5.83. The van der Waals surface area contributed by atoms with Crippen LogP contribution in [0.5, 0.6) is 0 Å². The average molecular weight is 256 g/mol. The van der Waals surface area contributed by atoms with Crippen LogP contribution in [0.4, 0.5) is 0 Å². The van der Waals surface area contributed by atoms with Gasteiger partial charge >= 0.3 is 0 Å². The quantitative estimate of drug-likeness (QED) is 0.695. The van der Waals surface area contributed by atoms with Gasteiger partial charge in [0.05, 0.1) is 6.04 Å². The molecule has 4 heteroatoms. The number of carbonyl (C=O) groups is 2. The lowest BCUT2D eigenvalue weighted by Gasteiger charge is -2.21. The topological polar surface area (TPSA) is 58.2 Å². The van der Waals surface area contributed by atoms with Crippen LogP contribution in [0.25, 0.3) is 0 Å². The summed E-state index contributed by atoms with van der Waals surface area (Å²) in [6.07, 6.45) is 0.224. The van der Waals surface area contributed by atoms with Crippen LogP contribution >= 0.6 is 0 Å². The van der Waals surface area contributed by atoms with E-state index in [9.17, 15) is 9.59 Å². The van der Waals surface area contributed by atoms with Crippen molar-refractivity contribution >= 4 is 11.7 Å². The van der Waals surface area contributed by atoms with E-state index in [1.54, 1.807) is 0 Å². The minimum absolute atomic E-state index is 0.0563. The zero-order valence-corrected chi connectivity index (χ0v) is 12.5. The molecule has 106 valence electrons. The van der Waals surface area contributed by atoms with Gasteiger partial charge in [-0.25, -0.2) is 0 Å². The van der Waals surface area contributed by atoms with E-state index in [1.807, 2.05) is 41.5 Å². The van der Waals surface area contributed by atoms with Crippen LogP contribution in [-0.4, -0.2) is 30.3 Å². The van der Waals surface area contributed by atoms with Crippen molar-refractivity contribution in [1.29, 1.82) is 0 Å². The third-order valence-electron chi connectivity index (χ3n) is 2.54. The highest BCUT2D eigenvalue weighted by molar-refractivity contribution is 5.90. The van der Waals surface area contributed by atoms with Crippen LogP contribution in [-0.2, 0) is 9.59 Å². The van der Waals surface area contributed by atoms with Crippen LogP contribution in [0.1, 0.15) is 48.0 Å². The Balaban J connectivity index is 4.40. The zero-order chi connectivity index (χ0) is 14.3. The summed E-state index contributed by atoms with van der Waals surface area (Å²) >= 11 is 0. The van der Waals surface area contributed by atoms with Crippen molar-refractivity contribution in [3.63, 3.8) is 0 Å². The van der Waals surface area contributed by atoms with Gasteiger partial charge in [0.1, 0.15) is 0 Å². The first-order valence-electron chi connectivity index (χ1n) is 6.80. The molecule has 0 bridgehead atoms. The van der Waals surface area contributed by atoms with Gasteiger partial charge in [-0.1, -0.05) is 41.5 Å². The van der Waals surface area contributed by atoms with E-state index < -0.39 is 0 Å². The number of rotatable bonds is 8. The van der Waals surface area contributed by atoms with Gasteiger partial charge in [0, 0.05) is 24.9 Å². The molecule has 1 amide bonds. The molecule has 0 heterocycles. The molecule has 0 saturated carbocycles. The molecular weight excluding hydrogens is 228 g/mol. The number of carbonyl (C=O) groups excluding carboxylic acids is 2. The highest BCUT2D eigenvalue weighted by atomic mass is 16.2. The third-order valence-corrected chi connectivity index (χ3v) is 2.54. The summed E-state index contributed by atoms with van der Waals surface area (Å²) in [5, 5.41) is 6.02. The maximum Gasteiger partial charge on any atom is 0.222 e. The van der Waals surface area contributed by atoms with E-state index in [0.29, 0.717) is 12.5 Å². The van der Waals surface area contributed by atoms with E-state index >= 15 is 0 Å². The normalized spacial score (nSPS) is 13.2. The Labute approximate surface area is 111 Å². The molecule has 1 unspecified atom stereocenters. The summed E-state index contributed by atoms with van der Waals surface area (Å²) in [7, 11) is 0. The van der Waals surface area contributed by atoms with Crippen LogP contribution in [0.3, 0.4) is 0 Å². The zero-order valence-electron chi connectivity index (χ0n) is 12.5. The summed E-state index contributed by atoms with van der Waals surface area (Å²) in [6.45, 7) is 12.4. The van der Waals surface area contributed by atoms with Crippen LogP contribution < -0.4 is 10.6 Å². The minimum Gasteiger partial charge on any atom is -0.356 e. The predicted octanol–water partition coefficient (Wildman–Crippen LogP) is 1.74. The minimum atomic E-state index is -0.378. The van der Waals surface area contributed by atoms with Crippen molar-refractivity contribution in [2.75, 3.05) is 6.54 Å². The van der Waals surface area contributed by atoms with E-state index in [-0.39, 0.29) is 36.1 Å². The molecule has 0 aliphatic heterocycles. The van der Waals surface area contributed by atoms with Gasteiger partial charge in [-0.3, -0.25) is 9.59 Å². The van der Waals surface area contributed by atoms with Gasteiger partial charge in [-0.2, -0.15) is 0 Å². The van der Waals surface area contributed by atoms with Crippen LogP contribution in [0.2, 0.25) is 0 Å². The van der Waals surface area contributed by atoms with E-state index in [4.69, 9.17) is 0 Å². The second-order valence-corrected chi connectivity index (χ2v) is 5.83. The molecule has 4 nitrogen and oxygen atoms in total. The Hall–Kier alpha value is -0.900. The predicted molar refractivity (Wildman–Crippen MR) is 74.4 cm³/mol. The number of amides is 1. The Morgan fingerprint density at radius 3 is 1.94 bits per heavy atom. The van der Waals surface area contributed by atoms with Gasteiger partial charge < -0.3 is 10.6 Å². The second kappa shape index (κ2) is 8.25. The number of nitrogens with one attached hydrogen (secondary N) is 2. The first-order chi connectivity index (χ1) is 8.23. The fraction of sp³-hybridized carbons (Fsp3) is 0.857. The van der Waals surface area contributed by atoms with Crippen molar-refractivity contribution < 1.29 is 9.59 Å². The summed E-state index contributed by atoms with van der Waals surface area (Å²) in [6, 6.07) is -0.187. The fourth-order valence-electron chi connectivity index (χ4n) is 1.62. The fourth-order valence-corrected chi connectivity index (χ4v) is 1.62. The molecule has 2 N–H and O–H groups in total. The monoisotopic (exact) mass is 256 g/mol. The first kappa shape index (κ1) is 17.1. The van der Waals surface area contributed by atoms with Crippen LogP contribution in [0.15, 0.2) is 0 Å². The Morgan fingerprint density at radius 1 is 1.00 bits per heavy atom. The molecule has 0 rings (SSSR count). The molecule has 0 aromatic heterocycles. The molecule has 0 spiro atoms. The summed E-state index contributed by atoms with van der Waals surface area (Å²) in [4.78, 5) is 23.8. The summed E-state index contributed by atoms with van der Waals surface area (Å²) in [5.74, 6) is 0.407. The molecule has 0 aromatic carbocycles. The lowest BCUT2D eigenvalue weighted by Crippen LogP contribution is -2.46. The number of ketones is 1. The molecule has 0 aliphatic carbocycles. The Bertz CT molecular complexity index is 273. The maximum absolute atomic E-state index is 12.0.